The third kappa shape index (κ3) is 5.39. The summed E-state index contributed by atoms with van der Waals surface area (Å²) in [7, 11) is 0. The number of amides is 2. The highest BCUT2D eigenvalue weighted by atomic mass is 16.3. The Hall–Kier alpha value is -2.08. The fourth-order valence-electron chi connectivity index (χ4n) is 1.97. The molecule has 1 heterocycles. The standard InChI is InChI=1S/C12H17N3O.CH2O2/c13-12(16)15-8-6-14(7-9-15)10-11-4-2-1-3-5-11;2-1-3/h1-5H,6-10H2,(H2,13,16);1H,(H,2,3). The molecular formula is C13H19N3O3. The average Bonchev–Trinajstić information content (AvgIpc) is 2.41. The van der Waals surface area contributed by atoms with Gasteiger partial charge in [0.2, 0.25) is 0 Å². The van der Waals surface area contributed by atoms with Crippen molar-refractivity contribution < 1.29 is 14.7 Å². The minimum absolute atomic E-state index is 0.250. The second kappa shape index (κ2) is 8.10. The van der Waals surface area contributed by atoms with Crippen molar-refractivity contribution in [1.82, 2.24) is 9.80 Å². The predicted molar refractivity (Wildman–Crippen MR) is 71.6 cm³/mol. The number of urea groups is 1. The summed E-state index contributed by atoms with van der Waals surface area (Å²) in [6, 6.07) is 10.1. The van der Waals surface area contributed by atoms with Crippen LogP contribution in [0, 0.1) is 0 Å². The molecule has 19 heavy (non-hydrogen) atoms. The molecule has 0 aromatic heterocycles. The van der Waals surface area contributed by atoms with Gasteiger partial charge >= 0.3 is 6.03 Å². The number of carboxylic acid groups (broad SMARTS) is 1. The molecule has 1 saturated heterocycles. The van der Waals surface area contributed by atoms with Crippen LogP contribution >= 0.6 is 0 Å². The molecule has 3 N–H and O–H groups in total. The van der Waals surface area contributed by atoms with Crippen LogP contribution in [0.2, 0.25) is 0 Å². The fraction of sp³-hybridized carbons (Fsp3) is 0.385. The number of hydrogen-bond donors (Lipinski definition) is 2. The first-order chi connectivity index (χ1) is 9.17. The molecule has 0 radical (unpaired) electrons. The second-order valence-corrected chi connectivity index (χ2v) is 4.19. The van der Waals surface area contributed by atoms with E-state index in [0.29, 0.717) is 0 Å². The predicted octanol–water partition coefficient (Wildman–Crippen LogP) is 0.584. The zero-order valence-corrected chi connectivity index (χ0v) is 10.7. The first kappa shape index (κ1) is 15.0. The van der Waals surface area contributed by atoms with Gasteiger partial charge in [0.15, 0.2) is 0 Å². The molecule has 2 amide bonds. The lowest BCUT2D eigenvalue weighted by Crippen LogP contribution is -2.50. The number of nitrogens with zero attached hydrogens (tertiary/aromatic N) is 2. The highest BCUT2D eigenvalue weighted by Crippen LogP contribution is 2.07. The Kier molecular flexibility index (Phi) is 6.38. The fourth-order valence-corrected chi connectivity index (χ4v) is 1.97. The van der Waals surface area contributed by atoms with E-state index in [-0.39, 0.29) is 12.5 Å². The number of benzene rings is 1. The van der Waals surface area contributed by atoms with Crippen molar-refractivity contribution in [2.45, 2.75) is 6.54 Å². The number of carbonyl (C=O) groups excluding carboxylic acids is 1. The first-order valence-corrected chi connectivity index (χ1v) is 6.06. The highest BCUT2D eigenvalue weighted by molar-refractivity contribution is 5.72. The Morgan fingerprint density at radius 1 is 1.21 bits per heavy atom. The maximum atomic E-state index is 10.9. The SMILES string of the molecule is NC(=O)N1CCN(Cc2ccccc2)CC1.O=CO. The molecule has 1 fully saturated rings. The number of nitrogens with two attached hydrogens (primary N) is 1. The molecule has 1 aromatic carbocycles. The van der Waals surface area contributed by atoms with Gasteiger partial charge in [0.1, 0.15) is 0 Å². The Balaban J connectivity index is 0.000000550. The van der Waals surface area contributed by atoms with Gasteiger partial charge in [-0.25, -0.2) is 4.79 Å². The summed E-state index contributed by atoms with van der Waals surface area (Å²) >= 11 is 0. The van der Waals surface area contributed by atoms with Crippen LogP contribution in [0.1, 0.15) is 5.56 Å². The van der Waals surface area contributed by atoms with Crippen molar-refractivity contribution in [2.75, 3.05) is 26.2 Å². The summed E-state index contributed by atoms with van der Waals surface area (Å²) in [5.74, 6) is 0. The Morgan fingerprint density at radius 3 is 2.21 bits per heavy atom. The first-order valence-electron chi connectivity index (χ1n) is 6.06. The van der Waals surface area contributed by atoms with Gasteiger partial charge < -0.3 is 15.7 Å². The molecule has 0 saturated carbocycles. The molecule has 0 bridgehead atoms. The minimum Gasteiger partial charge on any atom is -0.483 e. The van der Waals surface area contributed by atoms with Gasteiger partial charge in [-0.2, -0.15) is 0 Å². The maximum Gasteiger partial charge on any atom is 0.314 e. The molecule has 1 aliphatic rings. The van der Waals surface area contributed by atoms with E-state index < -0.39 is 0 Å². The van der Waals surface area contributed by atoms with Crippen molar-refractivity contribution in [2.24, 2.45) is 5.73 Å². The zero-order chi connectivity index (χ0) is 14.1. The maximum absolute atomic E-state index is 10.9. The summed E-state index contributed by atoms with van der Waals surface area (Å²) in [5, 5.41) is 6.89. The van der Waals surface area contributed by atoms with E-state index in [4.69, 9.17) is 15.6 Å². The van der Waals surface area contributed by atoms with Gasteiger partial charge in [0.05, 0.1) is 0 Å². The third-order valence-corrected chi connectivity index (χ3v) is 2.93. The molecule has 0 atom stereocenters. The molecule has 2 rings (SSSR count). The van der Waals surface area contributed by atoms with Gasteiger partial charge in [-0.3, -0.25) is 9.69 Å². The average molecular weight is 265 g/mol. The van der Waals surface area contributed by atoms with Crippen LogP contribution in [-0.2, 0) is 11.3 Å². The van der Waals surface area contributed by atoms with E-state index in [9.17, 15) is 4.79 Å². The summed E-state index contributed by atoms with van der Waals surface area (Å²) < 4.78 is 0. The summed E-state index contributed by atoms with van der Waals surface area (Å²) in [4.78, 5) is 23.3. The molecule has 0 aliphatic carbocycles. The highest BCUT2D eigenvalue weighted by Gasteiger charge is 2.18. The van der Waals surface area contributed by atoms with E-state index in [1.807, 2.05) is 6.07 Å². The lowest BCUT2D eigenvalue weighted by atomic mass is 10.2. The molecule has 6 nitrogen and oxygen atoms in total. The minimum atomic E-state index is -0.306. The van der Waals surface area contributed by atoms with Crippen LogP contribution in [0.25, 0.3) is 0 Å². The van der Waals surface area contributed by atoms with Crippen LogP contribution in [0.4, 0.5) is 4.79 Å². The molecule has 6 heteroatoms. The lowest BCUT2D eigenvalue weighted by molar-refractivity contribution is -0.122. The van der Waals surface area contributed by atoms with Crippen molar-refractivity contribution in [3.05, 3.63) is 35.9 Å². The Labute approximate surface area is 112 Å². The lowest BCUT2D eigenvalue weighted by Gasteiger charge is -2.33. The van der Waals surface area contributed by atoms with Crippen LogP contribution in [-0.4, -0.2) is 53.6 Å². The van der Waals surface area contributed by atoms with Crippen LogP contribution in [0.15, 0.2) is 30.3 Å². The van der Waals surface area contributed by atoms with Crippen molar-refractivity contribution in [1.29, 1.82) is 0 Å². The largest absolute Gasteiger partial charge is 0.483 e. The van der Waals surface area contributed by atoms with E-state index in [1.165, 1.54) is 5.56 Å². The number of rotatable bonds is 2. The van der Waals surface area contributed by atoms with E-state index >= 15 is 0 Å². The zero-order valence-electron chi connectivity index (χ0n) is 10.7. The Bertz CT molecular complexity index is 389. The van der Waals surface area contributed by atoms with Crippen molar-refractivity contribution in [3.63, 3.8) is 0 Å². The Morgan fingerprint density at radius 2 is 1.74 bits per heavy atom. The number of hydrogen-bond acceptors (Lipinski definition) is 3. The van der Waals surface area contributed by atoms with Gasteiger partial charge in [0.25, 0.3) is 6.47 Å². The van der Waals surface area contributed by atoms with Crippen LogP contribution in [0.3, 0.4) is 0 Å². The molecule has 0 unspecified atom stereocenters. The summed E-state index contributed by atoms with van der Waals surface area (Å²) in [5.41, 5.74) is 6.55. The van der Waals surface area contributed by atoms with Gasteiger partial charge in [-0.15, -0.1) is 0 Å². The van der Waals surface area contributed by atoms with Crippen molar-refractivity contribution >= 4 is 12.5 Å². The van der Waals surface area contributed by atoms with Gasteiger partial charge in [0, 0.05) is 32.7 Å². The summed E-state index contributed by atoms with van der Waals surface area (Å²) in [6.07, 6.45) is 0. The second-order valence-electron chi connectivity index (χ2n) is 4.19. The molecule has 0 spiro atoms. The molecular weight excluding hydrogens is 246 g/mol. The van der Waals surface area contributed by atoms with Crippen LogP contribution < -0.4 is 5.73 Å². The normalized spacial score (nSPS) is 15.3. The quantitative estimate of drug-likeness (QED) is 0.766. The van der Waals surface area contributed by atoms with Gasteiger partial charge in [-0.1, -0.05) is 30.3 Å². The molecule has 1 aliphatic heterocycles. The monoisotopic (exact) mass is 265 g/mol. The van der Waals surface area contributed by atoms with Crippen LogP contribution in [0.5, 0.6) is 0 Å². The smallest absolute Gasteiger partial charge is 0.314 e. The number of piperazine rings is 1. The van der Waals surface area contributed by atoms with Crippen molar-refractivity contribution in [3.8, 4) is 0 Å². The molecule has 104 valence electrons. The third-order valence-electron chi connectivity index (χ3n) is 2.93. The number of carbonyl (C=O) groups is 2. The van der Waals surface area contributed by atoms with E-state index in [0.717, 1.165) is 32.7 Å². The summed E-state index contributed by atoms with van der Waals surface area (Å²) in [6.45, 7) is 3.98. The van der Waals surface area contributed by atoms with Gasteiger partial charge in [-0.05, 0) is 5.56 Å². The number of primary amides is 1. The van der Waals surface area contributed by atoms with E-state index in [1.54, 1.807) is 4.90 Å². The topological polar surface area (TPSA) is 86.9 Å². The molecule has 1 aromatic rings. The van der Waals surface area contributed by atoms with E-state index in [2.05, 4.69) is 29.2 Å².